The molecular weight excluding hydrogens is 438 g/mol. The first-order valence-electron chi connectivity index (χ1n) is 11.3. The summed E-state index contributed by atoms with van der Waals surface area (Å²) in [6.07, 6.45) is 3.26. The number of carbonyl (C=O) groups excluding carboxylic acids is 1. The smallest absolute Gasteiger partial charge is 0.254 e. The van der Waals surface area contributed by atoms with E-state index < -0.39 is 10.0 Å². The Morgan fingerprint density at radius 3 is 2.45 bits per heavy atom. The highest BCUT2D eigenvalue weighted by molar-refractivity contribution is 7.89. The summed E-state index contributed by atoms with van der Waals surface area (Å²) in [6, 6.07) is 12.2. The fraction of sp³-hybridized carbons (Fsp3) is 0.400. The van der Waals surface area contributed by atoms with Gasteiger partial charge in [-0.1, -0.05) is 18.2 Å². The van der Waals surface area contributed by atoms with Crippen LogP contribution in [0.2, 0.25) is 0 Å². The van der Waals surface area contributed by atoms with Crippen LogP contribution in [0, 0.1) is 6.92 Å². The third kappa shape index (κ3) is 4.50. The van der Waals surface area contributed by atoms with E-state index in [4.69, 9.17) is 4.42 Å². The number of furan rings is 1. The monoisotopic (exact) mass is 469 g/mol. The number of sulfonamides is 1. The molecule has 3 aromatic rings. The van der Waals surface area contributed by atoms with E-state index in [1.807, 2.05) is 38.1 Å². The molecule has 176 valence electrons. The van der Waals surface area contributed by atoms with Crippen LogP contribution in [0.1, 0.15) is 53.9 Å². The zero-order chi connectivity index (χ0) is 23.8. The summed E-state index contributed by atoms with van der Waals surface area (Å²) in [5.74, 6) is 0.375. The molecule has 1 amide bonds. The Morgan fingerprint density at radius 2 is 1.79 bits per heavy atom. The number of hydrogen-bond donors (Lipinski definition) is 1. The molecule has 4 rings (SSSR count). The minimum Gasteiger partial charge on any atom is -0.459 e. The summed E-state index contributed by atoms with van der Waals surface area (Å²) in [4.78, 5) is 15.8. The molecule has 1 aliphatic heterocycles. The molecular formula is C25H31N3O4S. The van der Waals surface area contributed by atoms with E-state index in [0.29, 0.717) is 11.3 Å². The van der Waals surface area contributed by atoms with Gasteiger partial charge in [0.1, 0.15) is 11.3 Å². The first-order chi connectivity index (χ1) is 15.7. The number of benzene rings is 2. The van der Waals surface area contributed by atoms with Crippen LogP contribution in [0.5, 0.6) is 0 Å². The van der Waals surface area contributed by atoms with Gasteiger partial charge in [0.05, 0.1) is 16.5 Å². The molecule has 1 unspecified atom stereocenters. The lowest BCUT2D eigenvalue weighted by Gasteiger charge is -2.31. The Labute approximate surface area is 195 Å². The van der Waals surface area contributed by atoms with Crippen LogP contribution < -0.4 is 10.2 Å². The lowest BCUT2D eigenvalue weighted by Crippen LogP contribution is -2.34. The number of hydrogen-bond acceptors (Lipinski definition) is 5. The predicted molar refractivity (Wildman–Crippen MR) is 130 cm³/mol. The Kier molecular flexibility index (Phi) is 6.50. The van der Waals surface area contributed by atoms with Gasteiger partial charge < -0.3 is 14.6 Å². The maximum atomic E-state index is 13.5. The number of amides is 1. The van der Waals surface area contributed by atoms with Crippen LogP contribution in [0.15, 0.2) is 51.8 Å². The van der Waals surface area contributed by atoms with E-state index in [0.717, 1.165) is 58.9 Å². The number of nitrogens with one attached hydrogen (secondary N) is 1. The van der Waals surface area contributed by atoms with Gasteiger partial charge in [0.2, 0.25) is 10.0 Å². The molecule has 0 spiro atoms. The number of rotatable bonds is 6. The molecule has 2 aromatic carbocycles. The maximum Gasteiger partial charge on any atom is 0.254 e. The third-order valence-corrected chi connectivity index (χ3v) is 8.12. The van der Waals surface area contributed by atoms with Gasteiger partial charge in [-0.05, 0) is 57.4 Å². The third-order valence-electron chi connectivity index (χ3n) is 6.31. The second-order valence-electron chi connectivity index (χ2n) is 8.80. The Hall–Kier alpha value is -2.84. The van der Waals surface area contributed by atoms with Gasteiger partial charge >= 0.3 is 0 Å². The largest absolute Gasteiger partial charge is 0.459 e. The van der Waals surface area contributed by atoms with Gasteiger partial charge in [-0.15, -0.1) is 0 Å². The van der Waals surface area contributed by atoms with Gasteiger partial charge in [-0.3, -0.25) is 4.79 Å². The van der Waals surface area contributed by atoms with E-state index in [1.165, 1.54) is 20.2 Å². The molecule has 1 saturated heterocycles. The Bertz CT molecular complexity index is 1270. The average Bonchev–Trinajstić information content (AvgIpc) is 3.16. The van der Waals surface area contributed by atoms with Gasteiger partial charge in [-0.25, -0.2) is 12.7 Å². The minimum absolute atomic E-state index is 0.103. The van der Waals surface area contributed by atoms with Crippen LogP contribution in [-0.4, -0.2) is 45.8 Å². The number of fused-ring (bicyclic) bond motifs is 1. The summed E-state index contributed by atoms with van der Waals surface area (Å²) in [5, 5.41) is 4.05. The van der Waals surface area contributed by atoms with E-state index >= 15 is 0 Å². The Balaban J connectivity index is 1.70. The molecule has 7 nitrogen and oxygen atoms in total. The minimum atomic E-state index is -3.67. The van der Waals surface area contributed by atoms with Gasteiger partial charge in [-0.2, -0.15) is 0 Å². The molecule has 8 heteroatoms. The van der Waals surface area contributed by atoms with Gasteiger partial charge in [0.15, 0.2) is 0 Å². The van der Waals surface area contributed by atoms with Crippen molar-refractivity contribution in [2.24, 2.45) is 0 Å². The second kappa shape index (κ2) is 9.19. The normalized spacial score (nSPS) is 15.7. The molecule has 1 fully saturated rings. The second-order valence-corrected chi connectivity index (χ2v) is 10.9. The SMILES string of the molecule is Cc1c(C(C)NC(=O)c2cc(S(=O)(=O)N(C)C)ccc2N2CCCCC2)oc2ccccc12. The van der Waals surface area contributed by atoms with Crippen LogP contribution in [0.25, 0.3) is 11.0 Å². The predicted octanol–water partition coefficient (Wildman–Crippen LogP) is 4.47. The molecule has 2 heterocycles. The van der Waals surface area contributed by atoms with Crippen molar-refractivity contribution in [1.29, 1.82) is 0 Å². The van der Waals surface area contributed by atoms with E-state index in [-0.39, 0.29) is 16.8 Å². The molecule has 1 aliphatic rings. The standard InChI is InChI=1S/C25H31N3O4S/c1-17-20-10-6-7-11-23(20)32-24(17)18(2)26-25(29)21-16-19(33(30,31)27(3)4)12-13-22(21)28-14-8-5-9-15-28/h6-7,10-13,16,18H,5,8-9,14-15H2,1-4H3,(H,26,29). The highest BCUT2D eigenvalue weighted by atomic mass is 32.2. The van der Waals surface area contributed by atoms with E-state index in [1.54, 1.807) is 12.1 Å². The van der Waals surface area contributed by atoms with Crippen molar-refractivity contribution < 1.29 is 17.6 Å². The van der Waals surface area contributed by atoms with Crippen LogP contribution in [0.4, 0.5) is 5.69 Å². The molecule has 0 aliphatic carbocycles. The number of aryl methyl sites for hydroxylation is 1. The van der Waals surface area contributed by atoms with Crippen LogP contribution in [0.3, 0.4) is 0 Å². The first kappa shape index (κ1) is 23.3. The van der Waals surface area contributed by atoms with Crippen molar-refractivity contribution in [1.82, 2.24) is 9.62 Å². The summed E-state index contributed by atoms with van der Waals surface area (Å²) < 4.78 is 32.7. The van der Waals surface area contributed by atoms with Crippen molar-refractivity contribution >= 4 is 32.6 Å². The summed E-state index contributed by atoms with van der Waals surface area (Å²) in [6.45, 7) is 5.55. The molecule has 1 aromatic heterocycles. The summed E-state index contributed by atoms with van der Waals surface area (Å²) in [5.41, 5.74) is 2.89. The number of piperidine rings is 1. The van der Waals surface area contributed by atoms with Crippen LogP contribution >= 0.6 is 0 Å². The van der Waals surface area contributed by atoms with Crippen molar-refractivity contribution in [3.8, 4) is 0 Å². The maximum absolute atomic E-state index is 13.5. The van der Waals surface area contributed by atoms with E-state index in [2.05, 4.69) is 10.2 Å². The van der Waals surface area contributed by atoms with Crippen molar-refractivity contribution in [3.63, 3.8) is 0 Å². The molecule has 33 heavy (non-hydrogen) atoms. The molecule has 1 N–H and O–H groups in total. The zero-order valence-corrected chi connectivity index (χ0v) is 20.4. The lowest BCUT2D eigenvalue weighted by atomic mass is 10.1. The molecule has 0 saturated carbocycles. The van der Waals surface area contributed by atoms with E-state index in [9.17, 15) is 13.2 Å². The number of carbonyl (C=O) groups is 1. The topological polar surface area (TPSA) is 82.9 Å². The fourth-order valence-electron chi connectivity index (χ4n) is 4.43. The lowest BCUT2D eigenvalue weighted by molar-refractivity contribution is 0.0936. The molecule has 0 radical (unpaired) electrons. The fourth-order valence-corrected chi connectivity index (χ4v) is 5.35. The highest BCUT2D eigenvalue weighted by Gasteiger charge is 2.26. The van der Waals surface area contributed by atoms with Gasteiger partial charge in [0, 0.05) is 43.8 Å². The van der Waals surface area contributed by atoms with Crippen molar-refractivity contribution in [2.45, 2.75) is 44.0 Å². The molecule has 0 bridgehead atoms. The van der Waals surface area contributed by atoms with Crippen molar-refractivity contribution in [2.75, 3.05) is 32.1 Å². The number of para-hydroxylation sites is 1. The number of anilines is 1. The van der Waals surface area contributed by atoms with Gasteiger partial charge in [0.25, 0.3) is 5.91 Å². The Morgan fingerprint density at radius 1 is 1.09 bits per heavy atom. The summed E-state index contributed by atoms with van der Waals surface area (Å²) >= 11 is 0. The first-order valence-corrected chi connectivity index (χ1v) is 12.7. The van der Waals surface area contributed by atoms with Crippen LogP contribution in [-0.2, 0) is 10.0 Å². The highest BCUT2D eigenvalue weighted by Crippen LogP contribution is 2.31. The quantitative estimate of drug-likeness (QED) is 0.576. The average molecular weight is 470 g/mol. The zero-order valence-electron chi connectivity index (χ0n) is 19.6. The van der Waals surface area contributed by atoms with Crippen molar-refractivity contribution in [3.05, 3.63) is 59.4 Å². The number of nitrogens with zero attached hydrogens (tertiary/aromatic N) is 2. The summed E-state index contributed by atoms with van der Waals surface area (Å²) in [7, 11) is -0.696. The molecule has 1 atom stereocenters.